The predicted octanol–water partition coefficient (Wildman–Crippen LogP) is 2.38. The SMILES string of the molecule is NS(=O)(=O)c1cc(Cl)c(NC(=O)CC2CC2)c(Cl)c1. The van der Waals surface area contributed by atoms with Gasteiger partial charge in [-0.2, -0.15) is 0 Å². The van der Waals surface area contributed by atoms with E-state index in [2.05, 4.69) is 5.32 Å². The molecule has 0 spiro atoms. The molecule has 8 heteroatoms. The zero-order chi connectivity index (χ0) is 14.2. The van der Waals surface area contributed by atoms with E-state index in [9.17, 15) is 13.2 Å². The van der Waals surface area contributed by atoms with Gasteiger partial charge in [0.25, 0.3) is 0 Å². The molecular formula is C11H12Cl2N2O3S. The van der Waals surface area contributed by atoms with E-state index in [1.54, 1.807) is 0 Å². The van der Waals surface area contributed by atoms with Crippen LogP contribution in [-0.2, 0) is 14.8 Å². The quantitative estimate of drug-likeness (QED) is 0.891. The van der Waals surface area contributed by atoms with Crippen molar-refractivity contribution in [3.63, 3.8) is 0 Å². The fourth-order valence-corrected chi connectivity index (χ4v) is 2.88. The van der Waals surface area contributed by atoms with Crippen LogP contribution < -0.4 is 10.5 Å². The molecular weight excluding hydrogens is 311 g/mol. The summed E-state index contributed by atoms with van der Waals surface area (Å²) in [4.78, 5) is 11.5. The first kappa shape index (κ1) is 14.6. The molecule has 0 aromatic heterocycles. The van der Waals surface area contributed by atoms with Crippen molar-refractivity contribution in [3.05, 3.63) is 22.2 Å². The second kappa shape index (κ2) is 5.28. The van der Waals surface area contributed by atoms with E-state index < -0.39 is 10.0 Å². The van der Waals surface area contributed by atoms with Crippen LogP contribution in [0.1, 0.15) is 19.3 Å². The third-order valence-corrected chi connectivity index (χ3v) is 4.27. The molecule has 2 rings (SSSR count). The lowest BCUT2D eigenvalue weighted by atomic mass is 10.2. The number of nitrogens with two attached hydrogens (primary N) is 1. The Kier molecular flexibility index (Phi) is 4.06. The summed E-state index contributed by atoms with van der Waals surface area (Å²) in [5, 5.41) is 7.66. The first-order chi connectivity index (χ1) is 8.77. The summed E-state index contributed by atoms with van der Waals surface area (Å²) in [6.45, 7) is 0. The van der Waals surface area contributed by atoms with Gasteiger partial charge in [0, 0.05) is 6.42 Å². The largest absolute Gasteiger partial charge is 0.324 e. The highest BCUT2D eigenvalue weighted by Crippen LogP contribution is 2.35. The third-order valence-electron chi connectivity index (χ3n) is 2.78. The van der Waals surface area contributed by atoms with E-state index in [1.807, 2.05) is 0 Å². The van der Waals surface area contributed by atoms with Gasteiger partial charge < -0.3 is 5.32 Å². The maximum absolute atomic E-state index is 11.7. The highest BCUT2D eigenvalue weighted by atomic mass is 35.5. The Balaban J connectivity index is 2.23. The predicted molar refractivity (Wildman–Crippen MR) is 73.8 cm³/mol. The summed E-state index contributed by atoms with van der Waals surface area (Å²) in [6, 6.07) is 2.32. The monoisotopic (exact) mass is 322 g/mol. The molecule has 1 aromatic rings. The summed E-state index contributed by atoms with van der Waals surface area (Å²) in [5.41, 5.74) is 0.210. The molecule has 0 heterocycles. The van der Waals surface area contributed by atoms with Gasteiger partial charge in [-0.25, -0.2) is 13.6 Å². The fourth-order valence-electron chi connectivity index (χ4n) is 1.61. The molecule has 1 fully saturated rings. The maximum Gasteiger partial charge on any atom is 0.238 e. The number of amides is 1. The molecule has 1 aromatic carbocycles. The normalized spacial score (nSPS) is 15.3. The van der Waals surface area contributed by atoms with Gasteiger partial charge in [-0.1, -0.05) is 23.2 Å². The number of nitrogens with one attached hydrogen (secondary N) is 1. The number of halogens is 2. The Bertz CT molecular complexity index is 604. The standard InChI is InChI=1S/C11H12Cl2N2O3S/c12-8-4-7(19(14,17)18)5-9(13)11(8)15-10(16)3-6-1-2-6/h4-6H,1-3H2,(H,15,16)(H2,14,17,18). The number of hydrogen-bond donors (Lipinski definition) is 2. The fraction of sp³-hybridized carbons (Fsp3) is 0.364. The second-order valence-electron chi connectivity index (χ2n) is 4.50. The van der Waals surface area contributed by atoms with Crippen LogP contribution in [0.25, 0.3) is 0 Å². The van der Waals surface area contributed by atoms with Gasteiger partial charge in [0.15, 0.2) is 0 Å². The van der Waals surface area contributed by atoms with E-state index in [0.29, 0.717) is 12.3 Å². The Morgan fingerprint density at radius 1 is 1.32 bits per heavy atom. The Labute approximate surface area is 121 Å². The van der Waals surface area contributed by atoms with Crippen molar-refractivity contribution < 1.29 is 13.2 Å². The van der Waals surface area contributed by atoms with E-state index in [-0.39, 0.29) is 26.5 Å². The van der Waals surface area contributed by atoms with Gasteiger partial charge in [0.05, 0.1) is 20.6 Å². The molecule has 1 amide bonds. The Hall–Kier alpha value is -0.820. The van der Waals surface area contributed by atoms with Gasteiger partial charge in [0.2, 0.25) is 15.9 Å². The first-order valence-electron chi connectivity index (χ1n) is 5.59. The van der Waals surface area contributed by atoms with Crippen molar-refractivity contribution in [3.8, 4) is 0 Å². The van der Waals surface area contributed by atoms with Crippen molar-refractivity contribution >= 4 is 44.8 Å². The lowest BCUT2D eigenvalue weighted by Gasteiger charge is -2.10. The van der Waals surface area contributed by atoms with Crippen LogP contribution in [0.15, 0.2) is 17.0 Å². The topological polar surface area (TPSA) is 89.3 Å². The van der Waals surface area contributed by atoms with Crippen LogP contribution in [-0.4, -0.2) is 14.3 Å². The first-order valence-corrected chi connectivity index (χ1v) is 7.89. The highest BCUT2D eigenvalue weighted by Gasteiger charge is 2.25. The van der Waals surface area contributed by atoms with Gasteiger partial charge in [0.1, 0.15) is 0 Å². The van der Waals surface area contributed by atoms with Crippen molar-refractivity contribution in [2.45, 2.75) is 24.2 Å². The average molecular weight is 323 g/mol. The summed E-state index contributed by atoms with van der Waals surface area (Å²) in [7, 11) is -3.88. The lowest BCUT2D eigenvalue weighted by molar-refractivity contribution is -0.116. The van der Waals surface area contributed by atoms with Crippen LogP contribution in [0, 0.1) is 5.92 Å². The Morgan fingerprint density at radius 2 is 1.84 bits per heavy atom. The number of carbonyl (C=O) groups excluding carboxylic acids is 1. The molecule has 19 heavy (non-hydrogen) atoms. The number of benzene rings is 1. The summed E-state index contributed by atoms with van der Waals surface area (Å²) < 4.78 is 22.4. The molecule has 3 N–H and O–H groups in total. The van der Waals surface area contributed by atoms with Gasteiger partial charge in [-0.05, 0) is 30.9 Å². The van der Waals surface area contributed by atoms with E-state index in [1.165, 1.54) is 0 Å². The molecule has 1 aliphatic rings. The third kappa shape index (κ3) is 3.82. The number of carbonyl (C=O) groups is 1. The van der Waals surface area contributed by atoms with Crippen LogP contribution >= 0.6 is 23.2 Å². The maximum atomic E-state index is 11.7. The minimum absolute atomic E-state index is 0.0423. The molecule has 5 nitrogen and oxygen atoms in total. The van der Waals surface area contributed by atoms with Crippen molar-refractivity contribution in [1.29, 1.82) is 0 Å². The van der Waals surface area contributed by atoms with Gasteiger partial charge >= 0.3 is 0 Å². The number of rotatable bonds is 4. The second-order valence-corrected chi connectivity index (χ2v) is 6.88. The van der Waals surface area contributed by atoms with Crippen LogP contribution in [0.5, 0.6) is 0 Å². The molecule has 0 unspecified atom stereocenters. The molecule has 0 saturated heterocycles. The minimum atomic E-state index is -3.88. The van der Waals surface area contributed by atoms with E-state index >= 15 is 0 Å². The number of primary sulfonamides is 1. The average Bonchev–Trinajstić information content (AvgIpc) is 3.05. The number of anilines is 1. The van der Waals surface area contributed by atoms with Crippen molar-refractivity contribution in [2.24, 2.45) is 11.1 Å². The summed E-state index contributed by atoms with van der Waals surface area (Å²) in [5.74, 6) is 0.246. The zero-order valence-corrected chi connectivity index (χ0v) is 12.1. The summed E-state index contributed by atoms with van der Waals surface area (Å²) in [6.07, 6.45) is 2.53. The highest BCUT2D eigenvalue weighted by molar-refractivity contribution is 7.89. The molecule has 0 atom stereocenters. The zero-order valence-electron chi connectivity index (χ0n) is 9.82. The van der Waals surface area contributed by atoms with E-state index in [0.717, 1.165) is 25.0 Å². The molecule has 0 radical (unpaired) electrons. The smallest absolute Gasteiger partial charge is 0.238 e. The number of hydrogen-bond acceptors (Lipinski definition) is 3. The Morgan fingerprint density at radius 3 is 2.26 bits per heavy atom. The van der Waals surface area contributed by atoms with Crippen LogP contribution in [0.2, 0.25) is 10.0 Å². The van der Waals surface area contributed by atoms with Crippen LogP contribution in [0.3, 0.4) is 0 Å². The molecule has 0 bridgehead atoms. The van der Waals surface area contributed by atoms with Crippen molar-refractivity contribution in [1.82, 2.24) is 0 Å². The molecule has 104 valence electrons. The molecule has 1 aliphatic carbocycles. The summed E-state index contributed by atoms with van der Waals surface area (Å²) >= 11 is 11.8. The molecule has 0 aliphatic heterocycles. The lowest BCUT2D eigenvalue weighted by Crippen LogP contribution is -2.15. The minimum Gasteiger partial charge on any atom is -0.324 e. The van der Waals surface area contributed by atoms with Gasteiger partial charge in [-0.15, -0.1) is 0 Å². The molecule has 1 saturated carbocycles. The number of sulfonamides is 1. The van der Waals surface area contributed by atoms with Crippen molar-refractivity contribution in [2.75, 3.05) is 5.32 Å². The van der Waals surface area contributed by atoms with E-state index in [4.69, 9.17) is 28.3 Å². The van der Waals surface area contributed by atoms with Crippen LogP contribution in [0.4, 0.5) is 5.69 Å². The van der Waals surface area contributed by atoms with Gasteiger partial charge in [-0.3, -0.25) is 4.79 Å².